The zero-order valence-electron chi connectivity index (χ0n) is 10.5. The van der Waals surface area contributed by atoms with E-state index in [0.29, 0.717) is 17.4 Å². The fourth-order valence-electron chi connectivity index (χ4n) is 2.06. The van der Waals surface area contributed by atoms with Crippen LogP contribution in [0.3, 0.4) is 0 Å². The van der Waals surface area contributed by atoms with Crippen LogP contribution in [0, 0.1) is 5.82 Å². The van der Waals surface area contributed by atoms with Crippen LogP contribution in [0.25, 0.3) is 10.9 Å². The minimum atomic E-state index is -0.238. The van der Waals surface area contributed by atoms with Crippen molar-refractivity contribution in [1.29, 1.82) is 0 Å². The van der Waals surface area contributed by atoms with Gasteiger partial charge in [0.15, 0.2) is 0 Å². The number of nitrogens with zero attached hydrogens (tertiary/aromatic N) is 2. The van der Waals surface area contributed by atoms with E-state index in [1.54, 1.807) is 24.1 Å². The van der Waals surface area contributed by atoms with Gasteiger partial charge in [-0.15, -0.1) is 0 Å². The van der Waals surface area contributed by atoms with Crippen molar-refractivity contribution in [2.24, 2.45) is 0 Å². The Hall–Kier alpha value is -2.36. The topological polar surface area (TPSA) is 27.1 Å². The SMILES string of the molecule is COc1ccc(Cn2cc3c(F)cccc3n2)cc1. The minimum Gasteiger partial charge on any atom is -0.497 e. The van der Waals surface area contributed by atoms with Gasteiger partial charge in [-0.1, -0.05) is 18.2 Å². The molecule has 3 nitrogen and oxygen atoms in total. The lowest BCUT2D eigenvalue weighted by Crippen LogP contribution is -1.99. The van der Waals surface area contributed by atoms with Crippen molar-refractivity contribution in [2.75, 3.05) is 7.11 Å². The van der Waals surface area contributed by atoms with Crippen molar-refractivity contribution in [1.82, 2.24) is 9.78 Å². The summed E-state index contributed by atoms with van der Waals surface area (Å²) in [6, 6.07) is 12.7. The molecule has 1 heterocycles. The van der Waals surface area contributed by atoms with Gasteiger partial charge in [0.25, 0.3) is 0 Å². The highest BCUT2D eigenvalue weighted by Crippen LogP contribution is 2.17. The standard InChI is InChI=1S/C15H13FN2O/c1-19-12-7-5-11(6-8-12)9-18-10-13-14(16)3-2-4-15(13)17-18/h2-8,10H,9H2,1H3. The van der Waals surface area contributed by atoms with E-state index < -0.39 is 0 Å². The number of methoxy groups -OCH3 is 1. The first-order valence-electron chi connectivity index (χ1n) is 6.01. The lowest BCUT2D eigenvalue weighted by atomic mass is 10.2. The summed E-state index contributed by atoms with van der Waals surface area (Å²) in [5.74, 6) is 0.582. The van der Waals surface area contributed by atoms with Crippen molar-refractivity contribution >= 4 is 10.9 Å². The van der Waals surface area contributed by atoms with E-state index in [4.69, 9.17) is 4.74 Å². The molecule has 0 saturated heterocycles. The van der Waals surface area contributed by atoms with Crippen molar-refractivity contribution in [3.63, 3.8) is 0 Å². The van der Waals surface area contributed by atoms with E-state index in [-0.39, 0.29) is 5.82 Å². The average molecular weight is 256 g/mol. The van der Waals surface area contributed by atoms with E-state index in [1.807, 2.05) is 30.3 Å². The van der Waals surface area contributed by atoms with Crippen LogP contribution in [0.1, 0.15) is 5.56 Å². The van der Waals surface area contributed by atoms with Gasteiger partial charge in [-0.3, -0.25) is 4.68 Å². The van der Waals surface area contributed by atoms with Crippen LogP contribution in [-0.2, 0) is 6.54 Å². The Morgan fingerprint density at radius 2 is 1.95 bits per heavy atom. The molecule has 0 spiro atoms. The maximum Gasteiger partial charge on any atom is 0.134 e. The molecular formula is C15H13FN2O. The van der Waals surface area contributed by atoms with E-state index >= 15 is 0 Å². The Labute approximate surface area is 110 Å². The Balaban J connectivity index is 1.90. The van der Waals surface area contributed by atoms with E-state index in [2.05, 4.69) is 5.10 Å². The van der Waals surface area contributed by atoms with Crippen LogP contribution in [0.15, 0.2) is 48.7 Å². The molecule has 0 unspecified atom stereocenters. The van der Waals surface area contributed by atoms with Gasteiger partial charge in [0.1, 0.15) is 11.6 Å². The van der Waals surface area contributed by atoms with Crippen LogP contribution >= 0.6 is 0 Å². The largest absolute Gasteiger partial charge is 0.497 e. The highest BCUT2D eigenvalue weighted by Gasteiger charge is 2.05. The van der Waals surface area contributed by atoms with E-state index in [1.165, 1.54) is 6.07 Å². The van der Waals surface area contributed by atoms with E-state index in [0.717, 1.165) is 11.3 Å². The summed E-state index contributed by atoms with van der Waals surface area (Å²) in [5.41, 5.74) is 1.77. The second-order valence-corrected chi connectivity index (χ2v) is 4.35. The normalized spacial score (nSPS) is 10.8. The van der Waals surface area contributed by atoms with E-state index in [9.17, 15) is 4.39 Å². The third-order valence-electron chi connectivity index (χ3n) is 3.05. The smallest absolute Gasteiger partial charge is 0.134 e. The number of hydrogen-bond donors (Lipinski definition) is 0. The van der Waals surface area contributed by atoms with Gasteiger partial charge in [0, 0.05) is 6.20 Å². The van der Waals surface area contributed by atoms with Gasteiger partial charge < -0.3 is 4.74 Å². The molecule has 1 aromatic heterocycles. The summed E-state index contributed by atoms with van der Waals surface area (Å²) in [4.78, 5) is 0. The molecule has 0 amide bonds. The van der Waals surface area contributed by atoms with Crippen LogP contribution < -0.4 is 4.74 Å². The zero-order valence-corrected chi connectivity index (χ0v) is 10.5. The number of hydrogen-bond acceptors (Lipinski definition) is 2. The van der Waals surface area contributed by atoms with Gasteiger partial charge in [0.2, 0.25) is 0 Å². The van der Waals surface area contributed by atoms with Gasteiger partial charge in [0.05, 0.1) is 24.6 Å². The first-order chi connectivity index (χ1) is 9.26. The second kappa shape index (κ2) is 4.72. The molecule has 0 bridgehead atoms. The number of halogens is 1. The number of ether oxygens (including phenoxy) is 1. The predicted molar refractivity (Wildman–Crippen MR) is 71.8 cm³/mol. The number of rotatable bonds is 3. The first kappa shape index (κ1) is 11.7. The van der Waals surface area contributed by atoms with Gasteiger partial charge >= 0.3 is 0 Å². The lowest BCUT2D eigenvalue weighted by Gasteiger charge is -2.03. The summed E-state index contributed by atoms with van der Waals surface area (Å²) in [6.07, 6.45) is 1.73. The molecule has 0 fully saturated rings. The molecule has 19 heavy (non-hydrogen) atoms. The molecule has 96 valence electrons. The summed E-state index contributed by atoms with van der Waals surface area (Å²) < 4.78 is 20.4. The maximum absolute atomic E-state index is 13.6. The fourth-order valence-corrected chi connectivity index (χ4v) is 2.06. The molecule has 2 aromatic carbocycles. The van der Waals surface area contributed by atoms with Gasteiger partial charge in [-0.2, -0.15) is 5.10 Å². The molecule has 4 heteroatoms. The predicted octanol–water partition coefficient (Wildman–Crippen LogP) is 3.23. The molecule has 0 aliphatic carbocycles. The van der Waals surface area contributed by atoms with Crippen molar-refractivity contribution in [3.8, 4) is 5.75 Å². The molecule has 3 aromatic rings. The van der Waals surface area contributed by atoms with Crippen molar-refractivity contribution in [2.45, 2.75) is 6.54 Å². The van der Waals surface area contributed by atoms with Crippen LogP contribution in [0.4, 0.5) is 4.39 Å². The molecule has 0 aliphatic heterocycles. The zero-order chi connectivity index (χ0) is 13.2. The highest BCUT2D eigenvalue weighted by atomic mass is 19.1. The molecule has 0 aliphatic rings. The molecule has 3 rings (SSSR count). The number of aromatic nitrogens is 2. The quantitative estimate of drug-likeness (QED) is 0.719. The Morgan fingerprint density at radius 1 is 1.16 bits per heavy atom. The summed E-state index contributed by atoms with van der Waals surface area (Å²) in [7, 11) is 1.64. The third kappa shape index (κ3) is 2.29. The molecule has 0 atom stereocenters. The summed E-state index contributed by atoms with van der Waals surface area (Å²) in [5, 5.41) is 4.91. The monoisotopic (exact) mass is 256 g/mol. The summed E-state index contributed by atoms with van der Waals surface area (Å²) in [6.45, 7) is 0.609. The third-order valence-corrected chi connectivity index (χ3v) is 3.05. The number of fused-ring (bicyclic) bond motifs is 1. The fraction of sp³-hybridized carbons (Fsp3) is 0.133. The Kier molecular flexibility index (Phi) is 2.91. The van der Waals surface area contributed by atoms with Crippen molar-refractivity contribution in [3.05, 3.63) is 60.0 Å². The first-order valence-corrected chi connectivity index (χ1v) is 6.01. The highest BCUT2D eigenvalue weighted by molar-refractivity contribution is 5.78. The number of benzene rings is 2. The van der Waals surface area contributed by atoms with Crippen LogP contribution in [-0.4, -0.2) is 16.9 Å². The van der Waals surface area contributed by atoms with Gasteiger partial charge in [-0.05, 0) is 29.8 Å². The Morgan fingerprint density at radius 3 is 2.63 bits per heavy atom. The maximum atomic E-state index is 13.6. The van der Waals surface area contributed by atoms with Crippen LogP contribution in [0.2, 0.25) is 0 Å². The van der Waals surface area contributed by atoms with Crippen LogP contribution in [0.5, 0.6) is 5.75 Å². The summed E-state index contributed by atoms with van der Waals surface area (Å²) >= 11 is 0. The minimum absolute atomic E-state index is 0.238. The average Bonchev–Trinajstić information content (AvgIpc) is 2.84. The molecular weight excluding hydrogens is 243 g/mol. The second-order valence-electron chi connectivity index (χ2n) is 4.35. The lowest BCUT2D eigenvalue weighted by molar-refractivity contribution is 0.414. The Bertz CT molecular complexity index is 704. The van der Waals surface area contributed by atoms with Gasteiger partial charge in [-0.25, -0.2) is 4.39 Å². The molecule has 0 radical (unpaired) electrons. The molecule has 0 N–H and O–H groups in total. The molecule has 0 saturated carbocycles. The van der Waals surface area contributed by atoms with Crippen molar-refractivity contribution < 1.29 is 9.13 Å².